The summed E-state index contributed by atoms with van der Waals surface area (Å²) in [6, 6.07) is 0.393. The van der Waals surface area contributed by atoms with Crippen molar-refractivity contribution in [3.63, 3.8) is 0 Å². The predicted octanol–water partition coefficient (Wildman–Crippen LogP) is 0.330. The first-order valence-corrected chi connectivity index (χ1v) is 5.12. The van der Waals surface area contributed by atoms with Gasteiger partial charge in [-0.15, -0.1) is 11.3 Å². The Bertz CT molecular complexity index is 335. The molecule has 6 heteroatoms. The van der Waals surface area contributed by atoms with Gasteiger partial charge in [-0.05, 0) is 0 Å². The van der Waals surface area contributed by atoms with E-state index in [9.17, 15) is 4.79 Å². The molecule has 1 fully saturated rings. The van der Waals surface area contributed by atoms with Crippen molar-refractivity contribution >= 4 is 17.3 Å². The van der Waals surface area contributed by atoms with Gasteiger partial charge >= 0.3 is 5.97 Å². The molecule has 0 atom stereocenters. The van der Waals surface area contributed by atoms with Crippen molar-refractivity contribution in [3.8, 4) is 0 Å². The number of ether oxygens (including phenoxy) is 1. The third kappa shape index (κ3) is 2.09. The van der Waals surface area contributed by atoms with E-state index in [1.807, 2.05) is 0 Å². The van der Waals surface area contributed by atoms with E-state index < -0.39 is 5.97 Å². The molecule has 2 N–H and O–H groups in total. The quantitative estimate of drug-likeness (QED) is 0.755. The summed E-state index contributed by atoms with van der Waals surface area (Å²) < 4.78 is 4.99. The van der Waals surface area contributed by atoms with Crippen LogP contribution >= 0.6 is 11.3 Å². The topological polar surface area (TPSA) is 71.5 Å². The van der Waals surface area contributed by atoms with Crippen LogP contribution < -0.4 is 5.32 Å². The number of carboxylic acids is 1. The number of hydrogen-bond donors (Lipinski definition) is 2. The van der Waals surface area contributed by atoms with Crippen molar-refractivity contribution in [3.05, 3.63) is 16.1 Å². The molecule has 0 spiro atoms. The van der Waals surface area contributed by atoms with Gasteiger partial charge in [0.05, 0.1) is 24.9 Å². The normalized spacial score (nSPS) is 16.6. The lowest BCUT2D eigenvalue weighted by Crippen LogP contribution is -2.45. The molecule has 1 aromatic heterocycles. The lowest BCUT2D eigenvalue weighted by atomic mass is 10.2. The molecule has 1 aromatic rings. The highest BCUT2D eigenvalue weighted by Gasteiger charge is 2.17. The summed E-state index contributed by atoms with van der Waals surface area (Å²) in [4.78, 5) is 14.5. The Kier molecular flexibility index (Phi) is 2.76. The molecule has 2 heterocycles. The molecular weight excluding hydrogens is 204 g/mol. The van der Waals surface area contributed by atoms with Crippen LogP contribution in [0.15, 0.2) is 5.38 Å². The average molecular weight is 214 g/mol. The van der Waals surface area contributed by atoms with E-state index >= 15 is 0 Å². The van der Waals surface area contributed by atoms with Crippen LogP contribution in [-0.4, -0.2) is 35.3 Å². The van der Waals surface area contributed by atoms with E-state index in [2.05, 4.69) is 10.3 Å². The second kappa shape index (κ2) is 4.04. The lowest BCUT2D eigenvalue weighted by molar-refractivity contribution is -0.00590. The number of nitrogens with zero attached hydrogens (tertiary/aromatic N) is 1. The zero-order valence-electron chi connectivity index (χ0n) is 7.40. The standard InChI is InChI=1S/C8H10N2O3S/c11-8(12)7-10-5(4-14-7)1-9-6-2-13-3-6/h4,6,9H,1-3H2,(H,11,12). The first kappa shape index (κ1) is 9.57. The number of carboxylic acid groups (broad SMARTS) is 1. The Balaban J connectivity index is 1.86. The minimum atomic E-state index is -0.965. The number of aromatic carboxylic acids is 1. The molecule has 0 bridgehead atoms. The summed E-state index contributed by atoms with van der Waals surface area (Å²) in [5, 5.41) is 13.8. The summed E-state index contributed by atoms with van der Waals surface area (Å²) in [5.74, 6) is -0.965. The smallest absolute Gasteiger partial charge is 0.365 e. The summed E-state index contributed by atoms with van der Waals surface area (Å²) in [6.07, 6.45) is 0. The molecule has 5 nitrogen and oxygen atoms in total. The fraction of sp³-hybridized carbons (Fsp3) is 0.500. The molecule has 0 radical (unpaired) electrons. The molecule has 2 rings (SSSR count). The van der Waals surface area contributed by atoms with Gasteiger partial charge in [-0.2, -0.15) is 0 Å². The van der Waals surface area contributed by atoms with Gasteiger partial charge in [0.25, 0.3) is 0 Å². The Morgan fingerprint density at radius 2 is 2.57 bits per heavy atom. The molecule has 1 aliphatic rings. The summed E-state index contributed by atoms with van der Waals surface area (Å²) in [5.41, 5.74) is 0.777. The van der Waals surface area contributed by atoms with Gasteiger partial charge in [-0.1, -0.05) is 0 Å². The summed E-state index contributed by atoms with van der Waals surface area (Å²) in [6.45, 7) is 2.07. The van der Waals surface area contributed by atoms with Crippen molar-refractivity contribution in [2.75, 3.05) is 13.2 Å². The van der Waals surface area contributed by atoms with Crippen LogP contribution in [0.2, 0.25) is 0 Å². The van der Waals surface area contributed by atoms with Crippen LogP contribution in [0.3, 0.4) is 0 Å². The molecule has 0 aromatic carbocycles. The van der Waals surface area contributed by atoms with E-state index in [0.717, 1.165) is 30.2 Å². The van der Waals surface area contributed by atoms with E-state index in [0.29, 0.717) is 12.6 Å². The average Bonchev–Trinajstić information content (AvgIpc) is 2.50. The SMILES string of the molecule is O=C(O)c1nc(CNC2COC2)cs1. The molecule has 76 valence electrons. The number of aromatic nitrogens is 1. The van der Waals surface area contributed by atoms with E-state index in [4.69, 9.17) is 9.84 Å². The molecular formula is C8H10N2O3S. The van der Waals surface area contributed by atoms with E-state index in [1.54, 1.807) is 5.38 Å². The van der Waals surface area contributed by atoms with Gasteiger partial charge < -0.3 is 15.2 Å². The van der Waals surface area contributed by atoms with Crippen molar-refractivity contribution in [2.24, 2.45) is 0 Å². The predicted molar refractivity (Wildman–Crippen MR) is 50.5 cm³/mol. The summed E-state index contributed by atoms with van der Waals surface area (Å²) >= 11 is 1.15. The fourth-order valence-electron chi connectivity index (χ4n) is 1.09. The Hall–Kier alpha value is -0.980. The van der Waals surface area contributed by atoms with Crippen molar-refractivity contribution in [1.82, 2.24) is 10.3 Å². The first-order chi connectivity index (χ1) is 6.75. The number of thiazole rings is 1. The molecule has 0 saturated carbocycles. The van der Waals surface area contributed by atoms with Crippen molar-refractivity contribution in [2.45, 2.75) is 12.6 Å². The number of nitrogens with one attached hydrogen (secondary N) is 1. The number of carbonyl (C=O) groups is 1. The Morgan fingerprint density at radius 3 is 3.07 bits per heavy atom. The molecule has 14 heavy (non-hydrogen) atoms. The largest absolute Gasteiger partial charge is 0.476 e. The third-order valence-electron chi connectivity index (χ3n) is 1.94. The first-order valence-electron chi connectivity index (χ1n) is 4.24. The molecule has 0 amide bonds. The van der Waals surface area contributed by atoms with Crippen molar-refractivity contribution in [1.29, 1.82) is 0 Å². The monoisotopic (exact) mass is 214 g/mol. The van der Waals surface area contributed by atoms with Crippen LogP contribution in [0.25, 0.3) is 0 Å². The van der Waals surface area contributed by atoms with Crippen LogP contribution in [0, 0.1) is 0 Å². The zero-order valence-corrected chi connectivity index (χ0v) is 8.21. The highest BCUT2D eigenvalue weighted by molar-refractivity contribution is 7.11. The molecule has 1 aliphatic heterocycles. The summed E-state index contributed by atoms with van der Waals surface area (Å²) in [7, 11) is 0. The van der Waals surface area contributed by atoms with E-state index in [1.165, 1.54) is 0 Å². The molecule has 1 saturated heterocycles. The van der Waals surface area contributed by atoms with Crippen LogP contribution in [0.1, 0.15) is 15.5 Å². The zero-order chi connectivity index (χ0) is 9.97. The van der Waals surface area contributed by atoms with Gasteiger partial charge in [-0.3, -0.25) is 0 Å². The van der Waals surface area contributed by atoms with Crippen LogP contribution in [0.5, 0.6) is 0 Å². The van der Waals surface area contributed by atoms with E-state index in [-0.39, 0.29) is 5.01 Å². The fourth-order valence-corrected chi connectivity index (χ4v) is 1.74. The Morgan fingerprint density at radius 1 is 1.79 bits per heavy atom. The van der Waals surface area contributed by atoms with Gasteiger partial charge in [0.2, 0.25) is 5.01 Å². The maximum absolute atomic E-state index is 10.5. The van der Waals surface area contributed by atoms with Crippen LogP contribution in [0.4, 0.5) is 0 Å². The minimum Gasteiger partial charge on any atom is -0.476 e. The molecule has 0 unspecified atom stereocenters. The second-order valence-corrected chi connectivity index (χ2v) is 3.92. The third-order valence-corrected chi connectivity index (χ3v) is 2.82. The minimum absolute atomic E-state index is 0.145. The van der Waals surface area contributed by atoms with Gasteiger partial charge in [0.1, 0.15) is 0 Å². The molecule has 0 aliphatic carbocycles. The number of rotatable bonds is 4. The van der Waals surface area contributed by atoms with Gasteiger partial charge in [-0.25, -0.2) is 9.78 Å². The maximum Gasteiger partial charge on any atom is 0.365 e. The van der Waals surface area contributed by atoms with Crippen molar-refractivity contribution < 1.29 is 14.6 Å². The highest BCUT2D eigenvalue weighted by Crippen LogP contribution is 2.10. The Labute approximate surface area is 84.7 Å². The lowest BCUT2D eigenvalue weighted by Gasteiger charge is -2.26. The second-order valence-electron chi connectivity index (χ2n) is 3.06. The maximum atomic E-state index is 10.5. The number of hydrogen-bond acceptors (Lipinski definition) is 5. The van der Waals surface area contributed by atoms with Crippen LogP contribution in [-0.2, 0) is 11.3 Å². The van der Waals surface area contributed by atoms with Gasteiger partial charge in [0, 0.05) is 11.9 Å². The van der Waals surface area contributed by atoms with Gasteiger partial charge in [0.15, 0.2) is 0 Å². The highest BCUT2D eigenvalue weighted by atomic mass is 32.1.